The van der Waals surface area contributed by atoms with Gasteiger partial charge in [0.1, 0.15) is 11.9 Å². The van der Waals surface area contributed by atoms with Gasteiger partial charge in [-0.3, -0.25) is 4.79 Å². The molecule has 1 aromatic heterocycles. The molecule has 2 atom stereocenters. The van der Waals surface area contributed by atoms with E-state index >= 15 is 0 Å². The Morgan fingerprint density at radius 2 is 2.35 bits per heavy atom. The van der Waals surface area contributed by atoms with Crippen LogP contribution in [0.25, 0.3) is 11.3 Å². The lowest BCUT2D eigenvalue weighted by Gasteiger charge is -2.08. The predicted octanol–water partition coefficient (Wildman–Crippen LogP) is 2.14. The van der Waals surface area contributed by atoms with Crippen molar-refractivity contribution < 1.29 is 14.6 Å². The number of amides is 1. The average molecular weight is 328 g/mol. The first-order valence-corrected chi connectivity index (χ1v) is 8.04. The Morgan fingerprint density at radius 1 is 1.57 bits per heavy atom. The van der Waals surface area contributed by atoms with E-state index in [9.17, 15) is 9.90 Å². The fourth-order valence-corrected chi connectivity index (χ4v) is 3.33. The number of fused-ring (bicyclic) bond motifs is 3. The second-order valence-electron chi connectivity index (χ2n) is 5.46. The summed E-state index contributed by atoms with van der Waals surface area (Å²) < 4.78 is 5.84. The summed E-state index contributed by atoms with van der Waals surface area (Å²) >= 11 is 1.31. The van der Waals surface area contributed by atoms with Crippen molar-refractivity contribution in [1.82, 2.24) is 4.98 Å². The zero-order valence-corrected chi connectivity index (χ0v) is 13.6. The van der Waals surface area contributed by atoms with Gasteiger partial charge in [0.05, 0.1) is 12.3 Å². The summed E-state index contributed by atoms with van der Waals surface area (Å²) in [5.74, 6) is 5.93. The minimum atomic E-state index is -0.693. The molecule has 0 radical (unpaired) electrons. The number of ether oxygens (including phenoxy) is 1. The standard InChI is InChI=1S/C17H16N2O3S/c1-9-8-22-13-6-5-11(4-3-10(2)20)7-12(13)14-15(9)23-17(19-14)16(18)21/h5-7,9-10,20H,8H2,1-2H3,(H2,18,21)/t9-,10?/m0/s1. The molecule has 1 aliphatic heterocycles. The molecule has 0 aliphatic carbocycles. The van der Waals surface area contributed by atoms with E-state index in [1.54, 1.807) is 6.92 Å². The van der Waals surface area contributed by atoms with Crippen molar-refractivity contribution in [3.8, 4) is 28.8 Å². The molecular weight excluding hydrogens is 312 g/mol. The third-order valence-corrected chi connectivity index (χ3v) is 4.76. The van der Waals surface area contributed by atoms with E-state index in [-0.39, 0.29) is 5.92 Å². The number of aliphatic hydroxyl groups is 1. The summed E-state index contributed by atoms with van der Waals surface area (Å²) in [6.45, 7) is 4.15. The van der Waals surface area contributed by atoms with Gasteiger partial charge in [0.2, 0.25) is 0 Å². The first-order valence-electron chi connectivity index (χ1n) is 7.23. The van der Waals surface area contributed by atoms with Crippen molar-refractivity contribution in [3.05, 3.63) is 33.6 Å². The molecule has 0 fully saturated rings. The van der Waals surface area contributed by atoms with Crippen LogP contribution in [0.4, 0.5) is 0 Å². The number of rotatable bonds is 1. The molecule has 3 rings (SSSR count). The summed E-state index contributed by atoms with van der Waals surface area (Å²) in [6.07, 6.45) is -0.693. The molecule has 0 spiro atoms. The van der Waals surface area contributed by atoms with Gasteiger partial charge in [0.25, 0.3) is 5.91 Å². The molecule has 1 aromatic carbocycles. The number of primary amides is 1. The number of thiazole rings is 1. The van der Waals surface area contributed by atoms with E-state index in [4.69, 9.17) is 10.5 Å². The monoisotopic (exact) mass is 328 g/mol. The third-order valence-electron chi connectivity index (χ3n) is 3.46. The van der Waals surface area contributed by atoms with Crippen molar-refractivity contribution >= 4 is 17.2 Å². The fourth-order valence-electron chi connectivity index (χ4n) is 2.36. The second-order valence-corrected chi connectivity index (χ2v) is 6.50. The summed E-state index contributed by atoms with van der Waals surface area (Å²) in [7, 11) is 0. The summed E-state index contributed by atoms with van der Waals surface area (Å²) in [5, 5.41) is 9.59. The van der Waals surface area contributed by atoms with E-state index in [0.29, 0.717) is 17.4 Å². The minimum Gasteiger partial charge on any atom is -0.492 e. The molecule has 2 heterocycles. The Morgan fingerprint density at radius 3 is 3.04 bits per heavy atom. The highest BCUT2D eigenvalue weighted by Gasteiger charge is 2.26. The molecule has 5 nitrogen and oxygen atoms in total. The Labute approximate surface area is 138 Å². The maximum atomic E-state index is 11.5. The first kappa shape index (κ1) is 15.5. The maximum absolute atomic E-state index is 11.5. The molecule has 118 valence electrons. The zero-order valence-electron chi connectivity index (χ0n) is 12.8. The SMILES string of the molecule is CC(O)C#Cc1ccc2c(c1)-c1nc(C(N)=O)sc1[C@@H](C)CO2. The molecule has 0 bridgehead atoms. The quantitative estimate of drug-likeness (QED) is 0.785. The van der Waals surface area contributed by atoms with E-state index in [1.807, 2.05) is 25.1 Å². The minimum absolute atomic E-state index is 0.120. The molecule has 0 saturated heterocycles. The van der Waals surface area contributed by atoms with Crippen LogP contribution in [0.5, 0.6) is 5.75 Å². The Hall–Kier alpha value is -2.36. The number of benzene rings is 1. The number of hydrogen-bond acceptors (Lipinski definition) is 5. The predicted molar refractivity (Wildman–Crippen MR) is 88.5 cm³/mol. The second kappa shape index (κ2) is 6.03. The molecule has 23 heavy (non-hydrogen) atoms. The number of nitrogens with zero attached hydrogens (tertiary/aromatic N) is 1. The zero-order chi connectivity index (χ0) is 16.6. The number of aliphatic hydroxyl groups excluding tert-OH is 1. The number of aromatic nitrogens is 1. The lowest BCUT2D eigenvalue weighted by Crippen LogP contribution is -2.10. The van der Waals surface area contributed by atoms with E-state index in [1.165, 1.54) is 11.3 Å². The van der Waals surface area contributed by atoms with Gasteiger partial charge in [-0.25, -0.2) is 4.98 Å². The lowest BCUT2D eigenvalue weighted by atomic mass is 10.0. The summed E-state index contributed by atoms with van der Waals surface area (Å²) in [4.78, 5) is 16.8. The Bertz CT molecular complexity index is 830. The number of carbonyl (C=O) groups excluding carboxylic acids is 1. The van der Waals surface area contributed by atoms with Crippen LogP contribution < -0.4 is 10.5 Å². The third kappa shape index (κ3) is 3.07. The van der Waals surface area contributed by atoms with Gasteiger partial charge < -0.3 is 15.6 Å². The van der Waals surface area contributed by atoms with E-state index in [0.717, 1.165) is 21.7 Å². The summed E-state index contributed by atoms with van der Waals surface area (Å²) in [6, 6.07) is 5.55. The summed E-state index contributed by atoms with van der Waals surface area (Å²) in [5.41, 5.74) is 7.64. The molecule has 1 amide bonds. The van der Waals surface area contributed by atoms with Crippen LogP contribution in [-0.2, 0) is 0 Å². The van der Waals surface area contributed by atoms with Crippen molar-refractivity contribution in [2.45, 2.75) is 25.9 Å². The van der Waals surface area contributed by atoms with Crippen LogP contribution in [0, 0.1) is 11.8 Å². The van der Waals surface area contributed by atoms with Crippen molar-refractivity contribution in [2.24, 2.45) is 5.73 Å². The number of carbonyl (C=O) groups is 1. The molecule has 6 heteroatoms. The fraction of sp³-hybridized carbons (Fsp3) is 0.294. The van der Waals surface area contributed by atoms with Crippen LogP contribution in [0.15, 0.2) is 18.2 Å². The topological polar surface area (TPSA) is 85.4 Å². The highest BCUT2D eigenvalue weighted by Crippen LogP contribution is 2.41. The van der Waals surface area contributed by atoms with Crippen LogP contribution in [0.3, 0.4) is 0 Å². The average Bonchev–Trinajstić information content (AvgIpc) is 2.91. The molecular formula is C17H16N2O3S. The normalized spacial score (nSPS) is 16.9. The maximum Gasteiger partial charge on any atom is 0.277 e. The van der Waals surface area contributed by atoms with Gasteiger partial charge in [-0.2, -0.15) is 0 Å². The Balaban J connectivity index is 2.15. The molecule has 3 N–H and O–H groups in total. The molecule has 1 aliphatic rings. The van der Waals surface area contributed by atoms with Gasteiger partial charge in [-0.15, -0.1) is 11.3 Å². The number of hydrogen-bond donors (Lipinski definition) is 2. The smallest absolute Gasteiger partial charge is 0.277 e. The van der Waals surface area contributed by atoms with Gasteiger partial charge in [-0.1, -0.05) is 18.8 Å². The van der Waals surface area contributed by atoms with E-state index < -0.39 is 12.0 Å². The van der Waals surface area contributed by atoms with Gasteiger partial charge in [0.15, 0.2) is 5.01 Å². The molecule has 1 unspecified atom stereocenters. The van der Waals surface area contributed by atoms with Crippen LogP contribution in [0.1, 0.15) is 40.0 Å². The highest BCUT2D eigenvalue weighted by atomic mass is 32.1. The largest absolute Gasteiger partial charge is 0.492 e. The van der Waals surface area contributed by atoms with Crippen molar-refractivity contribution in [3.63, 3.8) is 0 Å². The van der Waals surface area contributed by atoms with Gasteiger partial charge in [-0.05, 0) is 25.1 Å². The lowest BCUT2D eigenvalue weighted by molar-refractivity contribution is 0.1000. The van der Waals surface area contributed by atoms with Crippen molar-refractivity contribution in [2.75, 3.05) is 6.61 Å². The van der Waals surface area contributed by atoms with E-state index in [2.05, 4.69) is 16.8 Å². The van der Waals surface area contributed by atoms with Crippen LogP contribution in [0.2, 0.25) is 0 Å². The van der Waals surface area contributed by atoms with Crippen LogP contribution in [-0.4, -0.2) is 28.7 Å². The molecule has 2 aromatic rings. The first-order chi connectivity index (χ1) is 11.0. The van der Waals surface area contributed by atoms with Crippen molar-refractivity contribution in [1.29, 1.82) is 0 Å². The van der Waals surface area contributed by atoms with Gasteiger partial charge in [0, 0.05) is 21.9 Å². The highest BCUT2D eigenvalue weighted by molar-refractivity contribution is 7.14. The number of nitrogens with two attached hydrogens (primary N) is 1. The molecule has 0 saturated carbocycles. The van der Waals surface area contributed by atoms with Crippen LogP contribution >= 0.6 is 11.3 Å². The Kier molecular flexibility index (Phi) is 4.07. The van der Waals surface area contributed by atoms with Gasteiger partial charge >= 0.3 is 0 Å².